The second-order valence-electron chi connectivity index (χ2n) is 6.59. The molecule has 0 radical (unpaired) electrons. The summed E-state index contributed by atoms with van der Waals surface area (Å²) in [6.07, 6.45) is 0. The van der Waals surface area contributed by atoms with Crippen molar-refractivity contribution >= 4 is 17.4 Å². The Labute approximate surface area is 166 Å². The molecular weight excluding hydrogens is 378 g/mol. The second-order valence-corrected chi connectivity index (χ2v) is 6.59. The van der Waals surface area contributed by atoms with Crippen LogP contribution in [0.5, 0.6) is 23.0 Å². The van der Waals surface area contributed by atoms with E-state index in [4.69, 9.17) is 18.9 Å². The van der Waals surface area contributed by atoms with Gasteiger partial charge >= 0.3 is 0 Å². The van der Waals surface area contributed by atoms with Crippen LogP contribution in [0.4, 0.5) is 0 Å². The summed E-state index contributed by atoms with van der Waals surface area (Å²) in [6, 6.07) is 9.05. The molecule has 1 N–H and O–H groups in total. The van der Waals surface area contributed by atoms with Crippen molar-refractivity contribution < 1.29 is 33.6 Å². The van der Waals surface area contributed by atoms with Crippen molar-refractivity contribution in [1.82, 2.24) is 4.90 Å². The number of fused-ring (bicyclic) bond motifs is 1. The zero-order valence-corrected chi connectivity index (χ0v) is 16.1. The molecule has 8 heteroatoms. The first-order valence-corrected chi connectivity index (χ1v) is 8.82. The van der Waals surface area contributed by atoms with E-state index in [0.717, 1.165) is 0 Å². The molecule has 1 fully saturated rings. The van der Waals surface area contributed by atoms with Crippen LogP contribution in [0, 0.1) is 0 Å². The summed E-state index contributed by atoms with van der Waals surface area (Å²) in [5.41, 5.74) is 0.825. The third-order valence-corrected chi connectivity index (χ3v) is 5.05. The van der Waals surface area contributed by atoms with Crippen LogP contribution in [0.3, 0.4) is 0 Å². The molecule has 2 aliphatic heterocycles. The molecule has 2 aromatic rings. The van der Waals surface area contributed by atoms with Gasteiger partial charge in [-0.1, -0.05) is 0 Å². The van der Waals surface area contributed by atoms with Crippen LogP contribution in [0.2, 0.25) is 0 Å². The van der Waals surface area contributed by atoms with Crippen molar-refractivity contribution in [1.29, 1.82) is 0 Å². The van der Waals surface area contributed by atoms with Crippen molar-refractivity contribution in [2.75, 3.05) is 28.1 Å². The molecule has 1 saturated heterocycles. The van der Waals surface area contributed by atoms with E-state index < -0.39 is 17.7 Å². The van der Waals surface area contributed by atoms with Gasteiger partial charge in [0, 0.05) is 18.2 Å². The number of rotatable bonds is 4. The summed E-state index contributed by atoms with van der Waals surface area (Å²) in [4.78, 5) is 26.5. The van der Waals surface area contributed by atoms with Crippen LogP contribution < -0.4 is 18.9 Å². The third-order valence-electron chi connectivity index (χ3n) is 5.05. The average molecular weight is 397 g/mol. The first kappa shape index (κ1) is 18.7. The average Bonchev–Trinajstić information content (AvgIpc) is 3.30. The molecule has 2 aliphatic rings. The molecular formula is C21H19NO7. The standard InChI is InChI=1S/C21H19NO7/c1-22-18(13-9-12(26-2)5-7-14(13)27-3)17(20(24)21(22)25)19(23)11-4-6-15-16(8-11)29-10-28-15/h4-9,18,23H,10H2,1-3H3/b19-17+. The Bertz CT molecular complexity index is 1040. The summed E-state index contributed by atoms with van der Waals surface area (Å²) in [5, 5.41) is 11.0. The Balaban J connectivity index is 1.90. The van der Waals surface area contributed by atoms with E-state index in [1.165, 1.54) is 26.2 Å². The van der Waals surface area contributed by atoms with Crippen molar-refractivity contribution in [2.45, 2.75) is 6.04 Å². The number of nitrogens with zero attached hydrogens (tertiary/aromatic N) is 1. The first-order chi connectivity index (χ1) is 14.0. The minimum atomic E-state index is -0.842. The van der Waals surface area contributed by atoms with Crippen LogP contribution in [-0.4, -0.2) is 49.8 Å². The van der Waals surface area contributed by atoms with E-state index in [1.807, 2.05) is 0 Å². The Morgan fingerprint density at radius 1 is 1.07 bits per heavy atom. The van der Waals surface area contributed by atoms with Gasteiger partial charge in [-0.2, -0.15) is 0 Å². The largest absolute Gasteiger partial charge is 0.507 e. The van der Waals surface area contributed by atoms with Gasteiger partial charge in [-0.15, -0.1) is 0 Å². The number of likely N-dealkylation sites (N-methyl/N-ethyl adjacent to an activating group) is 1. The second kappa shape index (κ2) is 7.05. The number of ether oxygens (including phenoxy) is 4. The van der Waals surface area contributed by atoms with E-state index in [2.05, 4.69) is 0 Å². The maximum absolute atomic E-state index is 12.8. The van der Waals surface area contributed by atoms with Crippen LogP contribution in [0.25, 0.3) is 5.76 Å². The fraction of sp³-hybridized carbons (Fsp3) is 0.238. The van der Waals surface area contributed by atoms with Crippen molar-refractivity contribution in [2.24, 2.45) is 0 Å². The third kappa shape index (κ3) is 2.93. The monoisotopic (exact) mass is 397 g/mol. The Kier molecular flexibility index (Phi) is 4.54. The lowest BCUT2D eigenvalue weighted by atomic mass is 9.94. The SMILES string of the molecule is COc1ccc(OC)c(C2/C(=C(\O)c3ccc4c(c3)OCO4)C(=O)C(=O)N2C)c1. The minimum absolute atomic E-state index is 0.0390. The molecule has 0 aromatic heterocycles. The molecule has 8 nitrogen and oxygen atoms in total. The van der Waals surface area contributed by atoms with Gasteiger partial charge in [0.2, 0.25) is 6.79 Å². The number of amides is 1. The number of methoxy groups -OCH3 is 2. The molecule has 29 heavy (non-hydrogen) atoms. The summed E-state index contributed by atoms with van der Waals surface area (Å²) in [7, 11) is 4.51. The van der Waals surface area contributed by atoms with Crippen LogP contribution in [-0.2, 0) is 9.59 Å². The Morgan fingerprint density at radius 2 is 1.83 bits per heavy atom. The number of aliphatic hydroxyl groups is 1. The summed E-state index contributed by atoms with van der Waals surface area (Å²) < 4.78 is 21.3. The van der Waals surface area contributed by atoms with Crippen LogP contribution in [0.1, 0.15) is 17.2 Å². The number of hydrogen-bond acceptors (Lipinski definition) is 7. The highest BCUT2D eigenvalue weighted by molar-refractivity contribution is 6.46. The smallest absolute Gasteiger partial charge is 0.295 e. The maximum Gasteiger partial charge on any atom is 0.295 e. The van der Waals surface area contributed by atoms with Crippen LogP contribution >= 0.6 is 0 Å². The highest BCUT2D eigenvalue weighted by Gasteiger charge is 2.45. The van der Waals surface area contributed by atoms with Crippen molar-refractivity contribution in [3.8, 4) is 23.0 Å². The van der Waals surface area contributed by atoms with Crippen LogP contribution in [0.15, 0.2) is 42.0 Å². The number of likely N-dealkylation sites (tertiary alicyclic amines) is 1. The lowest BCUT2D eigenvalue weighted by Crippen LogP contribution is -2.25. The Hall–Kier alpha value is -3.68. The zero-order valence-electron chi connectivity index (χ0n) is 16.1. The van der Waals surface area contributed by atoms with Gasteiger partial charge < -0.3 is 29.0 Å². The molecule has 0 saturated carbocycles. The first-order valence-electron chi connectivity index (χ1n) is 8.82. The number of aliphatic hydroxyl groups excluding tert-OH is 1. The normalized spacial score (nSPS) is 19.6. The number of benzene rings is 2. The molecule has 1 unspecified atom stereocenters. The molecule has 150 valence electrons. The van der Waals surface area contributed by atoms with Gasteiger partial charge in [-0.3, -0.25) is 9.59 Å². The number of hydrogen-bond donors (Lipinski definition) is 1. The molecule has 0 bridgehead atoms. The highest BCUT2D eigenvalue weighted by Crippen LogP contribution is 2.44. The van der Waals surface area contributed by atoms with Gasteiger partial charge in [0.05, 0.1) is 25.8 Å². The number of carbonyl (C=O) groups excluding carboxylic acids is 2. The van der Waals surface area contributed by atoms with Gasteiger partial charge in [0.15, 0.2) is 11.5 Å². The lowest BCUT2D eigenvalue weighted by Gasteiger charge is -2.23. The van der Waals surface area contributed by atoms with E-state index in [1.54, 1.807) is 36.4 Å². The van der Waals surface area contributed by atoms with E-state index in [9.17, 15) is 14.7 Å². The van der Waals surface area contributed by atoms with Gasteiger partial charge in [0.25, 0.3) is 11.7 Å². The van der Waals surface area contributed by atoms with Gasteiger partial charge in [-0.25, -0.2) is 0 Å². The van der Waals surface area contributed by atoms with Gasteiger partial charge in [0.1, 0.15) is 17.3 Å². The zero-order chi connectivity index (χ0) is 20.7. The molecule has 1 atom stereocenters. The van der Waals surface area contributed by atoms with E-state index in [-0.39, 0.29) is 18.1 Å². The molecule has 4 rings (SSSR count). The highest BCUT2D eigenvalue weighted by atomic mass is 16.7. The minimum Gasteiger partial charge on any atom is -0.507 e. The molecule has 0 aliphatic carbocycles. The number of carbonyl (C=O) groups is 2. The predicted molar refractivity (Wildman–Crippen MR) is 102 cm³/mol. The number of ketones is 1. The summed E-state index contributed by atoms with van der Waals surface area (Å²) in [6.45, 7) is 0.0832. The predicted octanol–water partition coefficient (Wildman–Crippen LogP) is 2.48. The molecule has 2 aromatic carbocycles. The van der Waals surface area contributed by atoms with E-state index in [0.29, 0.717) is 34.1 Å². The molecule has 0 spiro atoms. The fourth-order valence-corrected chi connectivity index (χ4v) is 3.56. The topological polar surface area (TPSA) is 94.5 Å². The quantitative estimate of drug-likeness (QED) is 0.481. The molecule has 2 heterocycles. The van der Waals surface area contributed by atoms with E-state index >= 15 is 0 Å². The lowest BCUT2D eigenvalue weighted by molar-refractivity contribution is -0.139. The van der Waals surface area contributed by atoms with Crippen molar-refractivity contribution in [3.63, 3.8) is 0 Å². The summed E-state index contributed by atoms with van der Waals surface area (Å²) in [5.74, 6) is 0.184. The number of Topliss-reactive ketones (excluding diaryl/α,β-unsaturated/α-hetero) is 1. The summed E-state index contributed by atoms with van der Waals surface area (Å²) >= 11 is 0. The Morgan fingerprint density at radius 3 is 2.55 bits per heavy atom. The molecule has 1 amide bonds. The van der Waals surface area contributed by atoms with Crippen molar-refractivity contribution in [3.05, 3.63) is 53.1 Å². The van der Waals surface area contributed by atoms with Gasteiger partial charge in [-0.05, 0) is 36.4 Å². The maximum atomic E-state index is 12.8. The fourth-order valence-electron chi connectivity index (χ4n) is 3.56.